The van der Waals surface area contributed by atoms with Crippen LogP contribution >= 0.6 is 11.6 Å². The molecule has 8 rings (SSSR count). The monoisotopic (exact) mass is 931 g/mol. The van der Waals surface area contributed by atoms with Gasteiger partial charge in [-0.05, 0) is 121 Å². The van der Waals surface area contributed by atoms with Gasteiger partial charge in [-0.1, -0.05) is 35.9 Å². The number of carbonyl (C=O) groups is 4. The van der Waals surface area contributed by atoms with Crippen LogP contribution in [0.3, 0.4) is 0 Å². The maximum absolute atomic E-state index is 14.5. The highest BCUT2D eigenvalue weighted by molar-refractivity contribution is 6.35. The van der Waals surface area contributed by atoms with Gasteiger partial charge in [-0.3, -0.25) is 24.4 Å². The lowest BCUT2D eigenvalue weighted by molar-refractivity contribution is -0.134. The minimum absolute atomic E-state index is 0.153. The zero-order chi connectivity index (χ0) is 47.7. The van der Waals surface area contributed by atoms with Crippen molar-refractivity contribution in [3.05, 3.63) is 112 Å². The molecule has 0 radical (unpaired) electrons. The second kappa shape index (κ2) is 19.3. The van der Waals surface area contributed by atoms with Crippen LogP contribution in [0.5, 0.6) is 5.75 Å². The van der Waals surface area contributed by atoms with Gasteiger partial charge in [-0.25, -0.2) is 14.2 Å². The number of para-hydroxylation sites is 1. The lowest BCUT2D eigenvalue weighted by atomic mass is 9.98. The SMILES string of the molecule is Cc1nn(C)c(C)c1-c1c(Cl)ccc2c(CCCOc3cccc4cc(F)ccc34)c(C(=O)OC(C)(C)C)n(CCOCCCn3c(C)nc4c(C(=O)NC5CCC(=O)NC5=O)cccc43)c12. The first-order chi connectivity index (χ1) is 32.0. The number of aryl methyl sites for hydroxylation is 5. The number of fused-ring (bicyclic) bond motifs is 3. The number of aromatic nitrogens is 5. The normalized spacial score (nSPS) is 14.3. The van der Waals surface area contributed by atoms with Crippen molar-refractivity contribution < 1.29 is 37.8 Å². The summed E-state index contributed by atoms with van der Waals surface area (Å²) in [5.41, 5.74) is 6.20. The quantitative estimate of drug-likeness (QED) is 0.0548. The maximum Gasteiger partial charge on any atom is 0.355 e. The summed E-state index contributed by atoms with van der Waals surface area (Å²) in [5.74, 6) is -0.732. The van der Waals surface area contributed by atoms with E-state index in [9.17, 15) is 23.6 Å². The van der Waals surface area contributed by atoms with E-state index in [-0.39, 0.29) is 31.2 Å². The number of hydrogen-bond acceptors (Lipinski definition) is 9. The third kappa shape index (κ3) is 9.80. The molecule has 3 amide bonds. The number of nitrogens with zero attached hydrogens (tertiary/aromatic N) is 5. The molecule has 1 fully saturated rings. The predicted octanol–water partition coefficient (Wildman–Crippen LogP) is 8.87. The van der Waals surface area contributed by atoms with Crippen LogP contribution in [-0.2, 0) is 45.6 Å². The van der Waals surface area contributed by atoms with Gasteiger partial charge >= 0.3 is 5.97 Å². The summed E-state index contributed by atoms with van der Waals surface area (Å²) in [7, 11) is 1.89. The Hall–Kier alpha value is -6.58. The lowest BCUT2D eigenvalue weighted by Crippen LogP contribution is -2.52. The van der Waals surface area contributed by atoms with Gasteiger partial charge in [0.15, 0.2) is 0 Å². The number of carbonyl (C=O) groups excluding carboxylic acids is 4. The van der Waals surface area contributed by atoms with Crippen molar-refractivity contribution in [1.82, 2.24) is 34.5 Å². The molecular formula is C51H55ClFN7O7. The van der Waals surface area contributed by atoms with Gasteiger partial charge in [0.05, 0.1) is 40.5 Å². The second-order valence-corrected chi connectivity index (χ2v) is 18.4. The molecule has 67 heavy (non-hydrogen) atoms. The van der Waals surface area contributed by atoms with E-state index in [2.05, 4.69) is 10.6 Å². The van der Waals surface area contributed by atoms with Crippen LogP contribution in [0.4, 0.5) is 4.39 Å². The fourth-order valence-electron chi connectivity index (χ4n) is 9.06. The minimum atomic E-state index is -0.805. The molecule has 0 saturated carbocycles. The molecule has 14 nitrogen and oxygen atoms in total. The minimum Gasteiger partial charge on any atom is -0.493 e. The second-order valence-electron chi connectivity index (χ2n) is 18.0. The standard InChI is InChI=1S/C51H55ClFN7O7/c1-29-43(30(2)58(7)57-29)44-38(52)20-19-36-35(14-10-26-66-41-16-8-12-32-28-33(53)17-18-34(32)41)47(50(64)67-51(4,5)6)60(46(36)44)24-27-65-25-11-23-59-31(3)54-45-37(13-9-15-40(45)59)48(62)55-39-21-22-42(61)56-49(39)63/h8-9,12-13,15-20,28,39H,10-11,14,21-27H2,1-7H3,(H,55,62)(H,56,61,63). The molecule has 1 unspecified atom stereocenters. The Morgan fingerprint density at radius 3 is 2.45 bits per heavy atom. The molecule has 1 atom stereocenters. The van der Waals surface area contributed by atoms with Crippen molar-refractivity contribution in [3.63, 3.8) is 0 Å². The Morgan fingerprint density at radius 1 is 0.925 bits per heavy atom. The third-order valence-electron chi connectivity index (χ3n) is 12.1. The highest BCUT2D eigenvalue weighted by Crippen LogP contribution is 2.42. The number of nitrogens with one attached hydrogen (secondary N) is 2. The number of piperidine rings is 1. The molecular weight excluding hydrogens is 877 g/mol. The first-order valence-electron chi connectivity index (χ1n) is 22.6. The first kappa shape index (κ1) is 46.9. The molecule has 1 aliphatic rings. The van der Waals surface area contributed by atoms with E-state index in [4.69, 9.17) is 35.9 Å². The number of esters is 1. The first-order valence-corrected chi connectivity index (χ1v) is 22.9. The van der Waals surface area contributed by atoms with Crippen LogP contribution in [0.15, 0.2) is 66.7 Å². The smallest absolute Gasteiger partial charge is 0.355 e. The van der Waals surface area contributed by atoms with Crippen molar-refractivity contribution in [2.75, 3.05) is 19.8 Å². The molecule has 0 aliphatic carbocycles. The number of halogens is 2. The predicted molar refractivity (Wildman–Crippen MR) is 255 cm³/mol. The molecule has 2 N–H and O–H groups in total. The molecule has 16 heteroatoms. The number of imide groups is 1. The summed E-state index contributed by atoms with van der Waals surface area (Å²) in [5, 5.41) is 12.7. The Labute approximate surface area is 392 Å². The van der Waals surface area contributed by atoms with E-state index < -0.39 is 29.4 Å². The van der Waals surface area contributed by atoms with E-state index in [0.717, 1.165) is 55.3 Å². The number of amides is 3. The van der Waals surface area contributed by atoms with Gasteiger partial charge in [0.25, 0.3) is 5.91 Å². The number of imidazole rings is 1. The van der Waals surface area contributed by atoms with E-state index >= 15 is 0 Å². The fraction of sp³-hybridized carbons (Fsp3) is 0.373. The van der Waals surface area contributed by atoms with Gasteiger partial charge in [0.2, 0.25) is 11.8 Å². The Morgan fingerprint density at radius 2 is 1.70 bits per heavy atom. The van der Waals surface area contributed by atoms with Gasteiger partial charge < -0.3 is 28.7 Å². The Kier molecular flexibility index (Phi) is 13.5. The van der Waals surface area contributed by atoms with Crippen molar-refractivity contribution in [2.45, 2.75) is 98.4 Å². The number of rotatable bonds is 16. The van der Waals surface area contributed by atoms with E-state index in [1.165, 1.54) is 12.1 Å². The van der Waals surface area contributed by atoms with Crippen molar-refractivity contribution in [2.24, 2.45) is 7.05 Å². The zero-order valence-electron chi connectivity index (χ0n) is 38.8. The molecule has 4 heterocycles. The van der Waals surface area contributed by atoms with Crippen LogP contribution in [0.2, 0.25) is 5.02 Å². The zero-order valence-corrected chi connectivity index (χ0v) is 39.6. The van der Waals surface area contributed by atoms with Crippen LogP contribution in [0.1, 0.15) is 90.1 Å². The molecule has 4 aromatic carbocycles. The highest BCUT2D eigenvalue weighted by Gasteiger charge is 2.32. The summed E-state index contributed by atoms with van der Waals surface area (Å²) in [6.07, 6.45) is 2.03. The van der Waals surface area contributed by atoms with Gasteiger partial charge in [0.1, 0.15) is 40.2 Å². The van der Waals surface area contributed by atoms with E-state index in [0.29, 0.717) is 78.9 Å². The number of benzene rings is 4. The average Bonchev–Trinajstić information content (AvgIpc) is 3.86. The molecule has 1 aliphatic heterocycles. The van der Waals surface area contributed by atoms with E-state index in [1.54, 1.807) is 18.2 Å². The lowest BCUT2D eigenvalue weighted by Gasteiger charge is -2.21. The molecule has 1 saturated heterocycles. The highest BCUT2D eigenvalue weighted by atomic mass is 35.5. The van der Waals surface area contributed by atoms with Crippen LogP contribution in [0.25, 0.3) is 43.8 Å². The van der Waals surface area contributed by atoms with E-state index in [1.807, 2.05) is 98.8 Å². The maximum atomic E-state index is 14.5. The Balaban J connectivity index is 1.05. The van der Waals surface area contributed by atoms with Crippen LogP contribution < -0.4 is 15.4 Å². The topological polar surface area (TPSA) is 161 Å². The summed E-state index contributed by atoms with van der Waals surface area (Å²) in [6.45, 7) is 13.2. The summed E-state index contributed by atoms with van der Waals surface area (Å²) >= 11 is 7.15. The molecule has 0 bridgehead atoms. The van der Waals surface area contributed by atoms with Crippen molar-refractivity contribution in [3.8, 4) is 16.9 Å². The number of hydrogen-bond donors (Lipinski definition) is 2. The largest absolute Gasteiger partial charge is 0.493 e. The third-order valence-corrected chi connectivity index (χ3v) is 12.5. The average molecular weight is 932 g/mol. The molecule has 0 spiro atoms. The van der Waals surface area contributed by atoms with Crippen LogP contribution in [0, 0.1) is 26.6 Å². The summed E-state index contributed by atoms with van der Waals surface area (Å²) in [6, 6.07) is 18.6. The molecule has 350 valence electrons. The summed E-state index contributed by atoms with van der Waals surface area (Å²) < 4.78 is 38.6. The molecule has 7 aromatic rings. The fourth-order valence-corrected chi connectivity index (χ4v) is 9.31. The van der Waals surface area contributed by atoms with Gasteiger partial charge in [0, 0.05) is 60.8 Å². The van der Waals surface area contributed by atoms with Gasteiger partial charge in [-0.2, -0.15) is 5.10 Å². The van der Waals surface area contributed by atoms with Gasteiger partial charge in [-0.15, -0.1) is 0 Å². The number of ether oxygens (including phenoxy) is 3. The summed E-state index contributed by atoms with van der Waals surface area (Å²) in [4.78, 5) is 56.6. The van der Waals surface area contributed by atoms with Crippen LogP contribution in [-0.4, -0.2) is 79.1 Å². The Bertz CT molecular complexity index is 3070. The molecule has 3 aromatic heterocycles. The van der Waals surface area contributed by atoms with Crippen molar-refractivity contribution in [1.29, 1.82) is 0 Å². The van der Waals surface area contributed by atoms with Crippen molar-refractivity contribution >= 4 is 68.0 Å².